The number of benzene rings is 2. The number of carbonyl (C=O) groups excluding carboxylic acids is 2. The number of halogens is 1. The van der Waals surface area contributed by atoms with Gasteiger partial charge in [-0.1, -0.05) is 18.2 Å². The Hall–Kier alpha value is -2.74. The smallest absolute Gasteiger partial charge is 0.340 e. The van der Waals surface area contributed by atoms with Gasteiger partial charge in [0, 0.05) is 22.3 Å². The van der Waals surface area contributed by atoms with Crippen LogP contribution in [0.5, 0.6) is 0 Å². The quantitative estimate of drug-likeness (QED) is 0.476. The SMILES string of the molecule is C[C@@H](OC(=O)c1ccccc1Br)C(=O)Nc1cccc([N+](=O)[O-])c1. The highest BCUT2D eigenvalue weighted by Crippen LogP contribution is 2.19. The van der Waals surface area contributed by atoms with E-state index in [0.717, 1.165) is 0 Å². The van der Waals surface area contributed by atoms with Crippen LogP contribution >= 0.6 is 15.9 Å². The van der Waals surface area contributed by atoms with E-state index in [2.05, 4.69) is 21.2 Å². The second-order valence-electron chi connectivity index (χ2n) is 4.82. The summed E-state index contributed by atoms with van der Waals surface area (Å²) in [4.78, 5) is 34.3. The molecule has 0 aliphatic heterocycles. The predicted molar refractivity (Wildman–Crippen MR) is 90.7 cm³/mol. The molecule has 0 aliphatic carbocycles. The summed E-state index contributed by atoms with van der Waals surface area (Å²) in [6.07, 6.45) is -1.07. The number of nitrogens with zero attached hydrogens (tertiary/aromatic N) is 1. The highest BCUT2D eigenvalue weighted by Gasteiger charge is 2.20. The number of nitro benzene ring substituents is 1. The molecule has 7 nitrogen and oxygen atoms in total. The number of anilines is 1. The molecule has 2 rings (SSSR count). The first kappa shape index (κ1) is 17.6. The molecule has 0 radical (unpaired) electrons. The second-order valence-corrected chi connectivity index (χ2v) is 5.68. The predicted octanol–water partition coefficient (Wildman–Crippen LogP) is 3.54. The summed E-state index contributed by atoms with van der Waals surface area (Å²) in [6.45, 7) is 1.42. The summed E-state index contributed by atoms with van der Waals surface area (Å²) in [7, 11) is 0. The summed E-state index contributed by atoms with van der Waals surface area (Å²) in [5.74, 6) is -1.24. The van der Waals surface area contributed by atoms with Crippen molar-refractivity contribution in [1.82, 2.24) is 0 Å². The Morgan fingerprint density at radius 3 is 2.58 bits per heavy atom. The fourth-order valence-corrected chi connectivity index (χ4v) is 2.29. The van der Waals surface area contributed by atoms with Gasteiger partial charge >= 0.3 is 5.97 Å². The van der Waals surface area contributed by atoms with Gasteiger partial charge in [-0.3, -0.25) is 14.9 Å². The first-order valence-corrected chi connectivity index (χ1v) is 7.68. The van der Waals surface area contributed by atoms with Crippen LogP contribution in [0.3, 0.4) is 0 Å². The third-order valence-electron chi connectivity index (χ3n) is 3.07. The van der Waals surface area contributed by atoms with Crippen molar-refractivity contribution in [2.45, 2.75) is 13.0 Å². The van der Waals surface area contributed by atoms with E-state index in [1.54, 1.807) is 24.3 Å². The maximum atomic E-state index is 12.1. The minimum atomic E-state index is -1.07. The van der Waals surface area contributed by atoms with E-state index >= 15 is 0 Å². The number of non-ortho nitro benzene ring substituents is 1. The molecule has 1 N–H and O–H groups in total. The number of hydrogen-bond acceptors (Lipinski definition) is 5. The van der Waals surface area contributed by atoms with Crippen LogP contribution in [-0.2, 0) is 9.53 Å². The molecular weight excluding hydrogens is 380 g/mol. The highest BCUT2D eigenvalue weighted by atomic mass is 79.9. The lowest BCUT2D eigenvalue weighted by Gasteiger charge is -2.14. The van der Waals surface area contributed by atoms with Crippen molar-refractivity contribution < 1.29 is 19.2 Å². The third-order valence-corrected chi connectivity index (χ3v) is 3.76. The Balaban J connectivity index is 2.02. The van der Waals surface area contributed by atoms with Crippen molar-refractivity contribution >= 4 is 39.2 Å². The number of ether oxygens (including phenoxy) is 1. The van der Waals surface area contributed by atoms with Crippen LogP contribution in [0.4, 0.5) is 11.4 Å². The zero-order chi connectivity index (χ0) is 17.7. The molecule has 0 aliphatic rings. The van der Waals surface area contributed by atoms with Crippen LogP contribution in [0.25, 0.3) is 0 Å². The molecule has 24 heavy (non-hydrogen) atoms. The lowest BCUT2D eigenvalue weighted by atomic mass is 10.2. The van der Waals surface area contributed by atoms with Crippen molar-refractivity contribution in [2.24, 2.45) is 0 Å². The molecule has 1 atom stereocenters. The lowest BCUT2D eigenvalue weighted by Crippen LogP contribution is -2.30. The van der Waals surface area contributed by atoms with E-state index in [1.807, 2.05) is 0 Å². The average Bonchev–Trinajstić information content (AvgIpc) is 2.55. The Labute approximate surface area is 145 Å². The van der Waals surface area contributed by atoms with E-state index in [-0.39, 0.29) is 11.4 Å². The molecule has 0 heterocycles. The van der Waals surface area contributed by atoms with Crippen LogP contribution in [0.1, 0.15) is 17.3 Å². The molecule has 0 aromatic heterocycles. The summed E-state index contributed by atoms with van der Waals surface area (Å²) in [5, 5.41) is 13.2. The first-order chi connectivity index (χ1) is 11.4. The molecule has 2 aromatic rings. The van der Waals surface area contributed by atoms with Crippen molar-refractivity contribution in [3.63, 3.8) is 0 Å². The van der Waals surface area contributed by atoms with Gasteiger partial charge in [0.15, 0.2) is 6.10 Å². The number of rotatable bonds is 5. The van der Waals surface area contributed by atoms with E-state index in [1.165, 1.54) is 31.2 Å². The molecule has 124 valence electrons. The summed E-state index contributed by atoms with van der Waals surface area (Å²) in [5.41, 5.74) is 0.399. The van der Waals surface area contributed by atoms with Gasteiger partial charge in [0.2, 0.25) is 0 Å². The van der Waals surface area contributed by atoms with Gasteiger partial charge in [0.25, 0.3) is 11.6 Å². The molecule has 0 spiro atoms. The van der Waals surface area contributed by atoms with Gasteiger partial charge in [0.05, 0.1) is 10.5 Å². The minimum Gasteiger partial charge on any atom is -0.449 e. The van der Waals surface area contributed by atoms with Crippen LogP contribution in [0, 0.1) is 10.1 Å². The summed E-state index contributed by atoms with van der Waals surface area (Å²) in [6, 6.07) is 12.2. The maximum absolute atomic E-state index is 12.1. The van der Waals surface area contributed by atoms with Crippen molar-refractivity contribution in [3.8, 4) is 0 Å². The Kier molecular flexibility index (Phi) is 5.64. The normalized spacial score (nSPS) is 11.4. The number of hydrogen-bond donors (Lipinski definition) is 1. The molecular formula is C16H13BrN2O5. The molecule has 8 heteroatoms. The summed E-state index contributed by atoms with van der Waals surface area (Å²) < 4.78 is 5.67. The molecule has 2 aromatic carbocycles. The number of esters is 1. The van der Waals surface area contributed by atoms with E-state index in [9.17, 15) is 19.7 Å². The molecule has 0 saturated heterocycles. The Morgan fingerprint density at radius 1 is 1.21 bits per heavy atom. The van der Waals surface area contributed by atoms with Gasteiger partial charge in [-0.2, -0.15) is 0 Å². The molecule has 0 fully saturated rings. The van der Waals surface area contributed by atoms with Gasteiger partial charge in [0.1, 0.15) is 0 Å². The standard InChI is InChI=1S/C16H13BrN2O5/c1-10(24-16(21)13-7-2-3-8-14(13)17)15(20)18-11-5-4-6-12(9-11)19(22)23/h2-10H,1H3,(H,18,20)/t10-/m1/s1. The summed E-state index contributed by atoms with van der Waals surface area (Å²) >= 11 is 3.23. The lowest BCUT2D eigenvalue weighted by molar-refractivity contribution is -0.384. The third kappa shape index (κ3) is 4.39. The number of nitro groups is 1. The van der Waals surface area contributed by atoms with Crippen LogP contribution in [0.2, 0.25) is 0 Å². The Bertz CT molecular complexity index is 794. The minimum absolute atomic E-state index is 0.148. The average molecular weight is 393 g/mol. The van der Waals surface area contributed by atoms with Crippen LogP contribution in [0.15, 0.2) is 53.0 Å². The molecule has 0 bridgehead atoms. The van der Waals surface area contributed by atoms with Crippen molar-refractivity contribution in [2.75, 3.05) is 5.32 Å². The molecule has 0 saturated carbocycles. The fourth-order valence-electron chi connectivity index (χ4n) is 1.85. The van der Waals surface area contributed by atoms with Gasteiger partial charge in [-0.15, -0.1) is 0 Å². The largest absolute Gasteiger partial charge is 0.449 e. The van der Waals surface area contributed by atoms with E-state index < -0.39 is 22.9 Å². The van der Waals surface area contributed by atoms with Crippen LogP contribution in [-0.4, -0.2) is 22.9 Å². The van der Waals surface area contributed by atoms with E-state index in [0.29, 0.717) is 10.0 Å². The van der Waals surface area contributed by atoms with Gasteiger partial charge < -0.3 is 10.1 Å². The first-order valence-electron chi connectivity index (χ1n) is 6.89. The Morgan fingerprint density at radius 2 is 1.92 bits per heavy atom. The molecule has 1 amide bonds. The highest BCUT2D eigenvalue weighted by molar-refractivity contribution is 9.10. The monoisotopic (exact) mass is 392 g/mol. The zero-order valence-corrected chi connectivity index (χ0v) is 14.1. The topological polar surface area (TPSA) is 98.5 Å². The molecule has 0 unspecified atom stereocenters. The van der Waals surface area contributed by atoms with Crippen LogP contribution < -0.4 is 5.32 Å². The second kappa shape index (κ2) is 7.69. The fraction of sp³-hybridized carbons (Fsp3) is 0.125. The van der Waals surface area contributed by atoms with E-state index in [4.69, 9.17) is 4.74 Å². The number of carbonyl (C=O) groups is 2. The number of amides is 1. The maximum Gasteiger partial charge on any atom is 0.340 e. The van der Waals surface area contributed by atoms with Crippen molar-refractivity contribution in [3.05, 3.63) is 68.7 Å². The van der Waals surface area contributed by atoms with Crippen molar-refractivity contribution in [1.29, 1.82) is 0 Å². The van der Waals surface area contributed by atoms with Gasteiger partial charge in [-0.05, 0) is 41.1 Å². The number of nitrogens with one attached hydrogen (secondary N) is 1. The van der Waals surface area contributed by atoms with Gasteiger partial charge in [-0.25, -0.2) is 4.79 Å². The zero-order valence-electron chi connectivity index (χ0n) is 12.6.